The molecule has 0 spiro atoms. The number of pyridine rings is 1. The van der Waals surface area contributed by atoms with E-state index in [4.69, 9.17) is 15.0 Å². The molecule has 10 rings (SSSR count). The minimum atomic E-state index is 0.774. The number of rotatable bonds is 7. The molecule has 4 heteroatoms. The van der Waals surface area contributed by atoms with Gasteiger partial charge in [-0.25, -0.2) is 15.0 Å². The highest BCUT2D eigenvalue weighted by Gasteiger charge is 2.23. The van der Waals surface area contributed by atoms with Crippen molar-refractivity contribution in [3.8, 4) is 56.0 Å². The van der Waals surface area contributed by atoms with Crippen LogP contribution < -0.4 is 10.6 Å². The van der Waals surface area contributed by atoms with E-state index in [-0.39, 0.29) is 0 Å². The first-order valence-corrected chi connectivity index (χ1v) is 20.2. The van der Waals surface area contributed by atoms with Crippen LogP contribution in [0, 0.1) is 0 Å². The first kappa shape index (κ1) is 33.3. The molecule has 0 saturated carbocycles. The SMILES string of the molecule is C1=CCCC(c2sc3c(-c4ccccc4)nc4c(c3c2-c2ccc(-c3ccc(-c5cc(-c6ccccc6)nc(C6=CCCC=C6)n5)cc3)cc2)=CCCC=4)=C1. The molecule has 3 aliphatic rings. The Morgan fingerprint density at radius 3 is 1.84 bits per heavy atom. The van der Waals surface area contributed by atoms with Crippen LogP contribution >= 0.6 is 11.3 Å². The standard InChI is InChI=1S/C51H39N3S/c1-5-15-36(16-6-1)44-33-45(54-51(53-44)41-21-11-4-12-22-41)37-29-25-34(26-30-37)35-27-31-38(32-28-35)46-47-42-23-13-14-24-43(42)52-48(39-17-7-2-8-18-39)50(47)55-49(46)40-19-9-3-10-20-40/h1-3,5-9,11,15-19,21-33H,4,10,12-14,20H2. The molecule has 0 amide bonds. The third-order valence-electron chi connectivity index (χ3n) is 10.8. The zero-order valence-electron chi connectivity index (χ0n) is 30.6. The highest BCUT2D eigenvalue weighted by atomic mass is 32.1. The minimum Gasteiger partial charge on any atom is -0.247 e. The molecule has 264 valence electrons. The molecule has 0 aliphatic heterocycles. The molecular formula is C51H39N3S. The van der Waals surface area contributed by atoms with E-state index in [1.165, 1.54) is 53.6 Å². The van der Waals surface area contributed by atoms with Crippen molar-refractivity contribution in [1.82, 2.24) is 15.0 Å². The van der Waals surface area contributed by atoms with Crippen LogP contribution in [0.5, 0.6) is 0 Å². The second-order valence-corrected chi connectivity index (χ2v) is 15.4. The molecule has 0 saturated heterocycles. The normalized spacial score (nSPS) is 14.8. The fourth-order valence-electron chi connectivity index (χ4n) is 8.03. The van der Waals surface area contributed by atoms with Crippen molar-refractivity contribution in [3.63, 3.8) is 0 Å². The van der Waals surface area contributed by atoms with E-state index < -0.39 is 0 Å². The van der Waals surface area contributed by atoms with Crippen LogP contribution in [0.15, 0.2) is 152 Å². The summed E-state index contributed by atoms with van der Waals surface area (Å²) in [6.45, 7) is 0. The van der Waals surface area contributed by atoms with Crippen molar-refractivity contribution in [2.45, 2.75) is 38.5 Å². The van der Waals surface area contributed by atoms with Gasteiger partial charge < -0.3 is 0 Å². The number of hydrogen-bond acceptors (Lipinski definition) is 4. The first-order chi connectivity index (χ1) is 27.3. The molecule has 55 heavy (non-hydrogen) atoms. The zero-order chi connectivity index (χ0) is 36.6. The predicted molar refractivity (Wildman–Crippen MR) is 233 cm³/mol. The van der Waals surface area contributed by atoms with Gasteiger partial charge in [-0.3, -0.25) is 0 Å². The van der Waals surface area contributed by atoms with Gasteiger partial charge in [0.25, 0.3) is 0 Å². The summed E-state index contributed by atoms with van der Waals surface area (Å²) in [5.41, 5.74) is 13.7. The largest absolute Gasteiger partial charge is 0.247 e. The summed E-state index contributed by atoms with van der Waals surface area (Å²) in [7, 11) is 0. The number of thiophene rings is 1. The molecule has 0 unspecified atom stereocenters. The maximum absolute atomic E-state index is 5.31. The third-order valence-corrected chi connectivity index (χ3v) is 12.1. The van der Waals surface area contributed by atoms with Crippen molar-refractivity contribution in [2.24, 2.45) is 0 Å². The Kier molecular flexibility index (Phi) is 8.82. The van der Waals surface area contributed by atoms with Gasteiger partial charge in [-0.1, -0.05) is 158 Å². The summed E-state index contributed by atoms with van der Waals surface area (Å²) in [5, 5.41) is 3.73. The lowest BCUT2D eigenvalue weighted by atomic mass is 9.92. The molecular weight excluding hydrogens is 687 g/mol. The molecule has 0 fully saturated rings. The molecule has 0 atom stereocenters. The van der Waals surface area contributed by atoms with E-state index >= 15 is 0 Å². The summed E-state index contributed by atoms with van der Waals surface area (Å²) in [6.07, 6.45) is 24.4. The van der Waals surface area contributed by atoms with Crippen LogP contribution in [0.2, 0.25) is 0 Å². The highest BCUT2D eigenvalue weighted by molar-refractivity contribution is 7.21. The molecule has 3 aliphatic carbocycles. The van der Waals surface area contributed by atoms with Gasteiger partial charge in [-0.15, -0.1) is 11.3 Å². The van der Waals surface area contributed by atoms with Crippen molar-refractivity contribution < 1.29 is 0 Å². The number of aromatic nitrogens is 3. The Morgan fingerprint density at radius 2 is 1.16 bits per heavy atom. The maximum Gasteiger partial charge on any atom is 0.160 e. The number of nitrogens with zero attached hydrogens (tertiary/aromatic N) is 3. The van der Waals surface area contributed by atoms with Gasteiger partial charge in [-0.2, -0.15) is 0 Å². The summed E-state index contributed by atoms with van der Waals surface area (Å²) in [5.74, 6) is 0.774. The Balaban J connectivity index is 1.05. The highest BCUT2D eigenvalue weighted by Crippen LogP contribution is 2.46. The molecule has 0 radical (unpaired) electrons. The van der Waals surface area contributed by atoms with Crippen LogP contribution in [0.3, 0.4) is 0 Å². The summed E-state index contributed by atoms with van der Waals surface area (Å²) >= 11 is 1.91. The smallest absolute Gasteiger partial charge is 0.160 e. The van der Waals surface area contributed by atoms with Gasteiger partial charge in [0.05, 0.1) is 27.1 Å². The zero-order valence-corrected chi connectivity index (χ0v) is 31.4. The lowest BCUT2D eigenvalue weighted by Crippen LogP contribution is -2.31. The predicted octanol–water partition coefficient (Wildman–Crippen LogP) is 12.2. The van der Waals surface area contributed by atoms with Crippen molar-refractivity contribution >= 4 is 44.7 Å². The fourth-order valence-corrected chi connectivity index (χ4v) is 9.43. The molecule has 0 bridgehead atoms. The number of hydrogen-bond donors (Lipinski definition) is 0. The van der Waals surface area contributed by atoms with E-state index in [2.05, 4.69) is 158 Å². The third kappa shape index (κ3) is 6.43. The van der Waals surface area contributed by atoms with E-state index in [1.54, 1.807) is 0 Å². The van der Waals surface area contributed by atoms with Crippen LogP contribution in [0.4, 0.5) is 0 Å². The van der Waals surface area contributed by atoms with Crippen molar-refractivity contribution in [3.05, 3.63) is 173 Å². The molecule has 3 nitrogen and oxygen atoms in total. The molecule has 3 heterocycles. The average Bonchev–Trinajstić information content (AvgIpc) is 3.68. The van der Waals surface area contributed by atoms with E-state index in [9.17, 15) is 0 Å². The van der Waals surface area contributed by atoms with Crippen molar-refractivity contribution in [2.75, 3.05) is 0 Å². The topological polar surface area (TPSA) is 38.7 Å². The minimum absolute atomic E-state index is 0.774. The monoisotopic (exact) mass is 725 g/mol. The van der Waals surface area contributed by atoms with Gasteiger partial charge >= 0.3 is 0 Å². The summed E-state index contributed by atoms with van der Waals surface area (Å²) < 4.78 is 1.27. The summed E-state index contributed by atoms with van der Waals surface area (Å²) in [4.78, 5) is 16.8. The Labute approximate surface area is 325 Å². The number of fused-ring (bicyclic) bond motifs is 3. The van der Waals surface area contributed by atoms with Crippen LogP contribution in [0.25, 0.3) is 89.4 Å². The average molecular weight is 726 g/mol. The van der Waals surface area contributed by atoms with Crippen LogP contribution in [-0.2, 0) is 0 Å². The molecule has 4 aromatic carbocycles. The number of allylic oxidation sites excluding steroid dienone is 8. The summed E-state index contributed by atoms with van der Waals surface area (Å²) in [6, 6.07) is 41.3. The van der Waals surface area contributed by atoms with Gasteiger partial charge in [0, 0.05) is 43.3 Å². The van der Waals surface area contributed by atoms with Gasteiger partial charge in [0.2, 0.25) is 0 Å². The van der Waals surface area contributed by atoms with Crippen LogP contribution in [0.1, 0.15) is 49.2 Å². The quantitative estimate of drug-likeness (QED) is 0.164. The van der Waals surface area contributed by atoms with E-state index in [0.717, 1.165) is 83.5 Å². The van der Waals surface area contributed by atoms with Gasteiger partial charge in [0.1, 0.15) is 0 Å². The lowest BCUT2D eigenvalue weighted by molar-refractivity contribution is 1.03. The van der Waals surface area contributed by atoms with E-state index in [1.807, 2.05) is 17.4 Å². The van der Waals surface area contributed by atoms with Crippen LogP contribution in [-0.4, -0.2) is 15.0 Å². The molecule has 3 aromatic heterocycles. The lowest BCUT2D eigenvalue weighted by Gasteiger charge is -2.13. The Hall–Kier alpha value is -6.23. The number of benzene rings is 4. The first-order valence-electron chi connectivity index (χ1n) is 19.4. The molecule has 7 aromatic rings. The van der Waals surface area contributed by atoms with Crippen molar-refractivity contribution in [1.29, 1.82) is 0 Å². The van der Waals surface area contributed by atoms with Gasteiger partial charge in [-0.05, 0) is 66.9 Å². The fraction of sp³-hybridized carbons (Fsp3) is 0.118. The maximum atomic E-state index is 5.31. The Bertz CT molecular complexity index is 2820. The van der Waals surface area contributed by atoms with E-state index in [0.29, 0.717) is 0 Å². The molecule has 0 N–H and O–H groups in total. The second-order valence-electron chi connectivity index (χ2n) is 14.4. The second kappa shape index (κ2) is 14.5. The Morgan fingerprint density at radius 1 is 0.527 bits per heavy atom. The van der Waals surface area contributed by atoms with Gasteiger partial charge in [0.15, 0.2) is 5.82 Å².